The summed E-state index contributed by atoms with van der Waals surface area (Å²) < 4.78 is 10.3. The molecular formula is C18H18N2O5. The third-order valence-corrected chi connectivity index (χ3v) is 4.15. The van der Waals surface area contributed by atoms with Crippen LogP contribution >= 0.6 is 0 Å². The van der Waals surface area contributed by atoms with Crippen LogP contribution in [0.1, 0.15) is 18.5 Å². The molecule has 25 heavy (non-hydrogen) atoms. The number of benzene rings is 2. The molecule has 130 valence electrons. The monoisotopic (exact) mass is 342 g/mol. The van der Waals surface area contributed by atoms with Crippen LogP contribution in [0.15, 0.2) is 48.5 Å². The Labute approximate surface area is 144 Å². The number of hydrogen-bond acceptors (Lipinski definition) is 6. The highest BCUT2D eigenvalue weighted by Crippen LogP contribution is 2.48. The van der Waals surface area contributed by atoms with Gasteiger partial charge >= 0.3 is 5.97 Å². The molecule has 1 aliphatic heterocycles. The Morgan fingerprint density at radius 3 is 2.32 bits per heavy atom. The second kappa shape index (κ2) is 6.80. The molecule has 1 aliphatic rings. The van der Waals surface area contributed by atoms with Gasteiger partial charge < -0.3 is 14.4 Å². The smallest absolute Gasteiger partial charge is 0.331 e. The first-order valence-electron chi connectivity index (χ1n) is 7.90. The van der Waals surface area contributed by atoms with Gasteiger partial charge in [-0.3, -0.25) is 10.1 Å². The van der Waals surface area contributed by atoms with E-state index in [-0.39, 0.29) is 17.7 Å². The number of rotatable bonds is 6. The summed E-state index contributed by atoms with van der Waals surface area (Å²) in [6.07, 6.45) is 0. The maximum atomic E-state index is 12.3. The van der Waals surface area contributed by atoms with Crippen LogP contribution in [0.25, 0.3) is 0 Å². The van der Waals surface area contributed by atoms with Crippen molar-refractivity contribution in [2.75, 3.05) is 18.6 Å². The Kier molecular flexibility index (Phi) is 4.56. The topological polar surface area (TPSA) is 81.7 Å². The summed E-state index contributed by atoms with van der Waals surface area (Å²) in [5.41, 5.74) is 1.72. The molecule has 1 saturated heterocycles. The second-order valence-electron chi connectivity index (χ2n) is 5.60. The van der Waals surface area contributed by atoms with Gasteiger partial charge in [-0.1, -0.05) is 12.1 Å². The third-order valence-electron chi connectivity index (χ3n) is 4.15. The minimum atomic E-state index is -0.444. The van der Waals surface area contributed by atoms with E-state index in [2.05, 4.69) is 0 Å². The number of ether oxygens (including phenoxy) is 2. The molecular weight excluding hydrogens is 324 g/mol. The summed E-state index contributed by atoms with van der Waals surface area (Å²) in [7, 11) is 1.59. The lowest BCUT2D eigenvalue weighted by Gasteiger charge is -2.07. The van der Waals surface area contributed by atoms with Gasteiger partial charge in [0.25, 0.3) is 5.69 Å². The first-order chi connectivity index (χ1) is 12.1. The van der Waals surface area contributed by atoms with Crippen molar-refractivity contribution >= 4 is 17.3 Å². The molecule has 2 aromatic carbocycles. The van der Waals surface area contributed by atoms with E-state index in [0.29, 0.717) is 6.61 Å². The van der Waals surface area contributed by atoms with Crippen molar-refractivity contribution in [3.8, 4) is 5.75 Å². The molecule has 0 spiro atoms. The van der Waals surface area contributed by atoms with E-state index in [4.69, 9.17) is 9.47 Å². The largest absolute Gasteiger partial charge is 0.497 e. The number of esters is 1. The van der Waals surface area contributed by atoms with Crippen LogP contribution < -0.4 is 9.64 Å². The molecule has 1 fully saturated rings. The third kappa shape index (κ3) is 3.26. The van der Waals surface area contributed by atoms with Gasteiger partial charge in [0.05, 0.1) is 24.7 Å². The van der Waals surface area contributed by atoms with Crippen molar-refractivity contribution in [1.29, 1.82) is 0 Å². The molecule has 3 rings (SSSR count). The van der Waals surface area contributed by atoms with Crippen molar-refractivity contribution < 1.29 is 19.2 Å². The first-order valence-corrected chi connectivity index (χ1v) is 7.90. The fourth-order valence-electron chi connectivity index (χ4n) is 2.91. The van der Waals surface area contributed by atoms with Gasteiger partial charge in [-0.2, -0.15) is 0 Å². The number of nitro groups is 1. The number of anilines is 1. The van der Waals surface area contributed by atoms with Gasteiger partial charge in [0.2, 0.25) is 0 Å². The van der Waals surface area contributed by atoms with Crippen molar-refractivity contribution in [2.45, 2.75) is 19.0 Å². The molecule has 0 radical (unpaired) electrons. The molecule has 0 amide bonds. The van der Waals surface area contributed by atoms with Gasteiger partial charge in [-0.05, 0) is 36.8 Å². The Balaban J connectivity index is 1.88. The quantitative estimate of drug-likeness (QED) is 0.347. The summed E-state index contributed by atoms with van der Waals surface area (Å²) in [4.78, 5) is 24.6. The molecule has 0 N–H and O–H groups in total. The van der Waals surface area contributed by atoms with Crippen molar-refractivity contribution in [3.63, 3.8) is 0 Å². The summed E-state index contributed by atoms with van der Waals surface area (Å²) in [6, 6.07) is 13.0. The minimum absolute atomic E-state index is 0.0214. The Bertz CT molecular complexity index is 773. The maximum Gasteiger partial charge on any atom is 0.331 e. The number of methoxy groups -OCH3 is 1. The highest BCUT2D eigenvalue weighted by Gasteiger charge is 2.54. The molecule has 2 aromatic rings. The summed E-state index contributed by atoms with van der Waals surface area (Å²) >= 11 is 0. The molecule has 0 aliphatic carbocycles. The molecule has 0 aromatic heterocycles. The highest BCUT2D eigenvalue weighted by molar-refractivity contribution is 5.89. The van der Waals surface area contributed by atoms with Crippen LogP contribution in [0, 0.1) is 10.1 Å². The van der Waals surface area contributed by atoms with E-state index in [1.807, 2.05) is 29.2 Å². The molecule has 1 heterocycles. The minimum Gasteiger partial charge on any atom is -0.497 e. The molecule has 0 bridgehead atoms. The van der Waals surface area contributed by atoms with Crippen LogP contribution in [-0.4, -0.2) is 30.7 Å². The zero-order valence-corrected chi connectivity index (χ0v) is 13.9. The van der Waals surface area contributed by atoms with E-state index < -0.39 is 11.0 Å². The van der Waals surface area contributed by atoms with Gasteiger partial charge in [-0.15, -0.1) is 0 Å². The number of carbonyl (C=O) groups is 1. The van der Waals surface area contributed by atoms with Crippen LogP contribution in [0.4, 0.5) is 11.4 Å². The number of hydrogen-bond donors (Lipinski definition) is 0. The standard InChI is InChI=1S/C18H18N2O5/c1-3-25-18(21)17-16(12-4-6-14(7-5-12)20(22)23)19(17)13-8-10-15(24-2)11-9-13/h4-11,16-17H,3H2,1-2H3/t16-,17-,19?/m0/s1. The van der Waals surface area contributed by atoms with Crippen LogP contribution in [0.2, 0.25) is 0 Å². The highest BCUT2D eigenvalue weighted by atomic mass is 16.6. The second-order valence-corrected chi connectivity index (χ2v) is 5.60. The molecule has 7 nitrogen and oxygen atoms in total. The zero-order valence-electron chi connectivity index (χ0n) is 13.9. The zero-order chi connectivity index (χ0) is 18.0. The van der Waals surface area contributed by atoms with Crippen molar-refractivity contribution in [3.05, 3.63) is 64.2 Å². The van der Waals surface area contributed by atoms with Gasteiger partial charge in [0.1, 0.15) is 5.75 Å². The Morgan fingerprint density at radius 2 is 1.80 bits per heavy atom. The van der Waals surface area contributed by atoms with Crippen molar-refractivity contribution in [2.24, 2.45) is 0 Å². The molecule has 0 unspecified atom stereocenters. The average Bonchev–Trinajstić information content (AvgIpc) is 3.38. The Hall–Kier alpha value is -3.09. The van der Waals surface area contributed by atoms with Gasteiger partial charge in [-0.25, -0.2) is 4.79 Å². The number of carbonyl (C=O) groups excluding carboxylic acids is 1. The van der Waals surface area contributed by atoms with E-state index in [0.717, 1.165) is 17.0 Å². The first kappa shape index (κ1) is 16.8. The summed E-state index contributed by atoms with van der Waals surface area (Å²) in [5.74, 6) is 0.423. The number of nitro benzene ring substituents is 1. The van der Waals surface area contributed by atoms with Crippen molar-refractivity contribution in [1.82, 2.24) is 0 Å². The lowest BCUT2D eigenvalue weighted by Crippen LogP contribution is -2.15. The number of non-ortho nitro benzene ring substituents is 1. The summed E-state index contributed by atoms with van der Waals surface area (Å²) in [5, 5.41) is 10.8. The SMILES string of the molecule is CCOC(=O)[C@@H]1[C@H](c2ccc([N+](=O)[O-])cc2)N1c1ccc(OC)cc1. The van der Waals surface area contributed by atoms with E-state index in [1.165, 1.54) is 12.1 Å². The van der Waals surface area contributed by atoms with Crippen LogP contribution in [0.5, 0.6) is 5.75 Å². The predicted molar refractivity (Wildman–Crippen MR) is 91.7 cm³/mol. The van der Waals surface area contributed by atoms with Gasteiger partial charge in [0, 0.05) is 17.8 Å². The Morgan fingerprint density at radius 1 is 1.16 bits per heavy atom. The van der Waals surface area contributed by atoms with Gasteiger partial charge in [0.15, 0.2) is 6.04 Å². The van der Waals surface area contributed by atoms with E-state index in [1.54, 1.807) is 26.2 Å². The lowest BCUT2D eigenvalue weighted by molar-refractivity contribution is -0.384. The predicted octanol–water partition coefficient (Wildman–Crippen LogP) is 3.10. The fourth-order valence-corrected chi connectivity index (χ4v) is 2.91. The molecule has 2 atom stereocenters. The molecule has 7 heteroatoms. The van der Waals surface area contributed by atoms with Crippen LogP contribution in [0.3, 0.4) is 0 Å². The lowest BCUT2D eigenvalue weighted by atomic mass is 10.1. The normalized spacial score (nSPS) is 18.6. The fraction of sp³-hybridized carbons (Fsp3) is 0.278. The average molecular weight is 342 g/mol. The molecule has 0 saturated carbocycles. The maximum absolute atomic E-state index is 12.3. The number of nitrogens with zero attached hydrogens (tertiary/aromatic N) is 2. The van der Waals surface area contributed by atoms with E-state index in [9.17, 15) is 14.9 Å². The van der Waals surface area contributed by atoms with Crippen LogP contribution in [-0.2, 0) is 9.53 Å². The summed E-state index contributed by atoms with van der Waals surface area (Å²) in [6.45, 7) is 2.07. The van der Waals surface area contributed by atoms with E-state index >= 15 is 0 Å².